The quantitative estimate of drug-likeness (QED) is 0.345. The number of pyridine rings is 2. The van der Waals surface area contributed by atoms with Crippen LogP contribution in [-0.2, 0) is 0 Å². The Morgan fingerprint density at radius 2 is 1.97 bits per heavy atom. The van der Waals surface area contributed by atoms with E-state index in [0.717, 1.165) is 46.7 Å². The number of nitrogens with zero attached hydrogens (tertiary/aromatic N) is 6. The maximum absolute atomic E-state index is 14.3. The van der Waals surface area contributed by atoms with E-state index >= 15 is 0 Å². The molecule has 0 aliphatic carbocycles. The minimum atomic E-state index is -0.580. The molecule has 2 aliphatic heterocycles. The van der Waals surface area contributed by atoms with Crippen molar-refractivity contribution < 1.29 is 13.9 Å². The maximum atomic E-state index is 14.3. The number of benzene rings is 1. The van der Waals surface area contributed by atoms with Crippen LogP contribution < -0.4 is 9.64 Å². The predicted octanol–water partition coefficient (Wildman–Crippen LogP) is 4.67. The Bertz CT molecular complexity index is 1680. The van der Waals surface area contributed by atoms with Gasteiger partial charge in [0.25, 0.3) is 5.91 Å². The van der Waals surface area contributed by atoms with Crippen LogP contribution in [0, 0.1) is 17.7 Å². The molecule has 6 heterocycles. The zero-order valence-corrected chi connectivity index (χ0v) is 21.9. The number of aromatic amines is 1. The smallest absolute Gasteiger partial charge is 0.258 e. The number of H-pyrrole nitrogens is 1. The molecule has 7 rings (SSSR count). The van der Waals surface area contributed by atoms with E-state index < -0.39 is 5.82 Å². The number of halogens is 2. The second-order valence-corrected chi connectivity index (χ2v) is 10.5. The Labute approximate surface area is 228 Å². The molecule has 9 nitrogen and oxygen atoms in total. The molecule has 0 radical (unpaired) electrons. The lowest BCUT2D eigenvalue weighted by Crippen LogP contribution is -2.34. The third-order valence-electron chi connectivity index (χ3n) is 7.75. The predicted molar refractivity (Wildman–Crippen MR) is 146 cm³/mol. The molecule has 0 bridgehead atoms. The number of carbonyl (C=O) groups excluding carboxylic acids is 1. The Kier molecular flexibility index (Phi) is 5.66. The van der Waals surface area contributed by atoms with E-state index in [9.17, 15) is 9.18 Å². The summed E-state index contributed by atoms with van der Waals surface area (Å²) in [6, 6.07) is 10.4. The van der Waals surface area contributed by atoms with Gasteiger partial charge in [0.15, 0.2) is 5.65 Å². The number of ether oxygens (including phenoxy) is 1. The molecule has 4 aromatic heterocycles. The van der Waals surface area contributed by atoms with Crippen molar-refractivity contribution in [2.24, 2.45) is 11.8 Å². The van der Waals surface area contributed by atoms with Crippen LogP contribution in [0.3, 0.4) is 0 Å². The van der Waals surface area contributed by atoms with Crippen LogP contribution in [0.25, 0.3) is 27.7 Å². The van der Waals surface area contributed by atoms with E-state index in [4.69, 9.17) is 21.3 Å². The average molecular weight is 546 g/mol. The number of fused-ring (bicyclic) bond motifs is 4. The van der Waals surface area contributed by atoms with Gasteiger partial charge < -0.3 is 14.5 Å². The standard InChI is InChI=1S/C28H25ClFN7O2/c1-2-39-19-8-20(26-21-10-32-33-27(21)34-37(26)15-19)16-6-7-24(31-9-16)35-11-17-13-36(14-18(17)12-35)28(38)25-22(29)4-3-5-23(25)30/h3-10,15,17-18H,2,11-14H2,1H3,(H,33,34)/t17-,18?/m1/s1. The van der Waals surface area contributed by atoms with Gasteiger partial charge in [-0.3, -0.25) is 9.89 Å². The summed E-state index contributed by atoms with van der Waals surface area (Å²) in [7, 11) is 0. The Morgan fingerprint density at radius 3 is 2.69 bits per heavy atom. The van der Waals surface area contributed by atoms with Crippen molar-refractivity contribution >= 4 is 39.9 Å². The largest absolute Gasteiger partial charge is 0.492 e. The van der Waals surface area contributed by atoms with Crippen LogP contribution in [0.4, 0.5) is 10.2 Å². The topological polar surface area (TPSA) is 91.6 Å². The van der Waals surface area contributed by atoms with Crippen molar-refractivity contribution in [3.8, 4) is 16.9 Å². The molecule has 198 valence electrons. The Morgan fingerprint density at radius 1 is 1.15 bits per heavy atom. The van der Waals surface area contributed by atoms with Gasteiger partial charge in [0.2, 0.25) is 0 Å². The van der Waals surface area contributed by atoms with E-state index in [1.165, 1.54) is 12.1 Å². The normalized spacial score (nSPS) is 18.8. The maximum Gasteiger partial charge on any atom is 0.258 e. The zero-order chi connectivity index (χ0) is 26.7. The van der Waals surface area contributed by atoms with Crippen LogP contribution in [0.2, 0.25) is 5.02 Å². The van der Waals surface area contributed by atoms with E-state index in [2.05, 4.69) is 26.3 Å². The average Bonchev–Trinajstić information content (AvgIpc) is 3.69. The van der Waals surface area contributed by atoms with Gasteiger partial charge in [-0.15, -0.1) is 5.10 Å². The van der Waals surface area contributed by atoms with Crippen LogP contribution in [-0.4, -0.2) is 68.4 Å². The van der Waals surface area contributed by atoms with Gasteiger partial charge in [0, 0.05) is 55.3 Å². The molecule has 2 aliphatic rings. The lowest BCUT2D eigenvalue weighted by Gasteiger charge is -2.23. The summed E-state index contributed by atoms with van der Waals surface area (Å²) in [5.74, 6) is 1.29. The van der Waals surface area contributed by atoms with Crippen LogP contribution >= 0.6 is 11.6 Å². The van der Waals surface area contributed by atoms with Gasteiger partial charge in [-0.25, -0.2) is 13.9 Å². The van der Waals surface area contributed by atoms with Crippen LogP contribution in [0.1, 0.15) is 17.3 Å². The molecule has 39 heavy (non-hydrogen) atoms. The molecule has 1 N–H and O–H groups in total. The van der Waals surface area contributed by atoms with Crippen molar-refractivity contribution in [1.29, 1.82) is 0 Å². The number of amides is 1. The highest BCUT2D eigenvalue weighted by atomic mass is 35.5. The molecule has 5 aromatic rings. The second-order valence-electron chi connectivity index (χ2n) is 10.1. The third kappa shape index (κ3) is 3.97. The first-order valence-corrected chi connectivity index (χ1v) is 13.3. The molecule has 2 saturated heterocycles. The molecule has 1 amide bonds. The van der Waals surface area contributed by atoms with E-state index in [-0.39, 0.29) is 16.5 Å². The highest BCUT2D eigenvalue weighted by molar-refractivity contribution is 6.33. The van der Waals surface area contributed by atoms with Crippen molar-refractivity contribution in [3.05, 3.63) is 71.4 Å². The molecule has 0 saturated carbocycles. The number of aromatic nitrogens is 5. The number of likely N-dealkylation sites (tertiary alicyclic amines) is 1. The number of anilines is 1. The number of rotatable bonds is 5. The van der Waals surface area contributed by atoms with Gasteiger partial charge in [0.05, 0.1) is 40.5 Å². The highest BCUT2D eigenvalue weighted by Gasteiger charge is 2.42. The fourth-order valence-corrected chi connectivity index (χ4v) is 6.19. The fourth-order valence-electron chi connectivity index (χ4n) is 5.94. The molecule has 2 fully saturated rings. The summed E-state index contributed by atoms with van der Waals surface area (Å²) in [6.45, 7) is 5.23. The lowest BCUT2D eigenvalue weighted by molar-refractivity contribution is 0.0778. The number of carbonyl (C=O) groups is 1. The summed E-state index contributed by atoms with van der Waals surface area (Å²) < 4.78 is 21.9. The van der Waals surface area contributed by atoms with E-state index in [1.54, 1.807) is 17.2 Å². The molecular weight excluding hydrogens is 521 g/mol. The van der Waals surface area contributed by atoms with Crippen molar-refractivity contribution in [2.45, 2.75) is 6.92 Å². The van der Waals surface area contributed by atoms with Gasteiger partial charge >= 0.3 is 0 Å². The lowest BCUT2D eigenvalue weighted by atomic mass is 10.0. The first-order valence-electron chi connectivity index (χ1n) is 12.9. The summed E-state index contributed by atoms with van der Waals surface area (Å²) >= 11 is 6.14. The molecule has 1 aromatic carbocycles. The van der Waals surface area contributed by atoms with Crippen LogP contribution in [0.15, 0.2) is 55.0 Å². The minimum Gasteiger partial charge on any atom is -0.492 e. The summed E-state index contributed by atoms with van der Waals surface area (Å²) in [6.07, 6.45) is 5.53. The number of nitrogens with one attached hydrogen (secondary N) is 1. The van der Waals surface area contributed by atoms with E-state index in [0.29, 0.717) is 37.2 Å². The number of hydrogen-bond acceptors (Lipinski definition) is 6. The monoisotopic (exact) mass is 545 g/mol. The van der Waals surface area contributed by atoms with Crippen LogP contribution in [0.5, 0.6) is 5.75 Å². The number of hydrogen-bond donors (Lipinski definition) is 1. The second kappa shape index (κ2) is 9.23. The first kappa shape index (κ1) is 23.9. The molecule has 0 spiro atoms. The Balaban J connectivity index is 1.11. The minimum absolute atomic E-state index is 0.0401. The zero-order valence-electron chi connectivity index (χ0n) is 21.1. The fraction of sp³-hybridized carbons (Fsp3) is 0.286. The molecule has 2 atom stereocenters. The SMILES string of the molecule is CCOc1cc(-c2ccc(N3CC4CN(C(=O)c5c(F)cccc5Cl)C[C@H]4C3)nc2)c2c3cn[nH]c3nn2c1. The van der Waals surface area contributed by atoms with Gasteiger partial charge in [0.1, 0.15) is 17.4 Å². The van der Waals surface area contributed by atoms with Crippen molar-refractivity contribution in [2.75, 3.05) is 37.7 Å². The van der Waals surface area contributed by atoms with E-state index in [1.807, 2.05) is 36.0 Å². The molecule has 11 heteroatoms. The molecule has 1 unspecified atom stereocenters. The van der Waals surface area contributed by atoms with Gasteiger partial charge in [-0.1, -0.05) is 17.7 Å². The Hall–Kier alpha value is -4.18. The summed E-state index contributed by atoms with van der Waals surface area (Å²) in [5, 5.41) is 12.8. The molecular formula is C28H25ClFN7O2. The third-order valence-corrected chi connectivity index (χ3v) is 8.06. The van der Waals surface area contributed by atoms with Gasteiger partial charge in [-0.2, -0.15) is 5.10 Å². The van der Waals surface area contributed by atoms with Crippen molar-refractivity contribution in [3.63, 3.8) is 0 Å². The summed E-state index contributed by atoms with van der Waals surface area (Å²) in [5.41, 5.74) is 3.52. The first-order chi connectivity index (χ1) is 19.0. The summed E-state index contributed by atoms with van der Waals surface area (Å²) in [4.78, 5) is 21.8. The van der Waals surface area contributed by atoms with Crippen molar-refractivity contribution in [1.82, 2.24) is 29.7 Å². The highest BCUT2D eigenvalue weighted by Crippen LogP contribution is 2.37. The van der Waals surface area contributed by atoms with Gasteiger partial charge in [-0.05, 0) is 37.3 Å².